The zero-order valence-corrected chi connectivity index (χ0v) is 10.4. The zero-order chi connectivity index (χ0) is 12.5. The van der Waals surface area contributed by atoms with Crippen molar-refractivity contribution in [1.29, 1.82) is 0 Å². The molecule has 0 aromatic heterocycles. The van der Waals surface area contributed by atoms with Crippen LogP contribution >= 0.6 is 0 Å². The highest BCUT2D eigenvalue weighted by molar-refractivity contribution is 5.72. The molecular weight excluding hydrogens is 218 g/mol. The van der Waals surface area contributed by atoms with Gasteiger partial charge in [0.1, 0.15) is 0 Å². The molecule has 94 valence electrons. The molecule has 0 fully saturated rings. The Morgan fingerprint density at radius 1 is 1.12 bits per heavy atom. The maximum atomic E-state index is 10.4. The minimum absolute atomic E-state index is 0.632. The smallest absolute Gasteiger partial charge is 0.211 e. The van der Waals surface area contributed by atoms with Gasteiger partial charge in [-0.2, -0.15) is 0 Å². The van der Waals surface area contributed by atoms with Gasteiger partial charge in [-0.25, -0.2) is 0 Å². The van der Waals surface area contributed by atoms with E-state index in [1.807, 2.05) is 13.0 Å². The molecule has 1 amide bonds. The predicted molar refractivity (Wildman–Crippen MR) is 67.7 cm³/mol. The van der Waals surface area contributed by atoms with E-state index in [0.717, 1.165) is 18.6 Å². The molecular formula is C13H19NO3. The van der Waals surface area contributed by atoms with Gasteiger partial charge in [0.05, 0.1) is 13.2 Å². The molecule has 0 aliphatic heterocycles. The van der Waals surface area contributed by atoms with Crippen molar-refractivity contribution >= 4 is 12.1 Å². The first kappa shape index (κ1) is 13.4. The standard InChI is InChI=1S/C13H19NO3/c1-3-7-16-12-6-5-11(14-10-15)9-13(12)17-8-4-2/h5-6,9-10H,3-4,7-8H2,1-2H3,(H,14,15). The van der Waals surface area contributed by atoms with Crippen LogP contribution in [0, 0.1) is 0 Å². The number of hydrogen-bond donors (Lipinski definition) is 1. The van der Waals surface area contributed by atoms with Gasteiger partial charge in [0, 0.05) is 11.8 Å². The number of benzene rings is 1. The normalized spacial score (nSPS) is 9.76. The van der Waals surface area contributed by atoms with E-state index in [1.54, 1.807) is 12.1 Å². The van der Waals surface area contributed by atoms with Crippen LogP contribution in [0.5, 0.6) is 11.5 Å². The Bertz CT molecular complexity index is 353. The predicted octanol–water partition coefficient (Wildman–Crippen LogP) is 2.83. The fourth-order valence-electron chi connectivity index (χ4n) is 1.32. The molecule has 1 rings (SSSR count). The lowest BCUT2D eigenvalue weighted by Gasteiger charge is -2.13. The van der Waals surface area contributed by atoms with Crippen molar-refractivity contribution in [3.8, 4) is 11.5 Å². The summed E-state index contributed by atoms with van der Waals surface area (Å²) in [6.07, 6.45) is 2.52. The van der Waals surface area contributed by atoms with Crippen LogP contribution in [-0.4, -0.2) is 19.6 Å². The monoisotopic (exact) mass is 237 g/mol. The second kappa shape index (κ2) is 7.54. The Labute approximate surface area is 102 Å². The molecule has 1 aromatic carbocycles. The van der Waals surface area contributed by atoms with Crippen molar-refractivity contribution in [3.63, 3.8) is 0 Å². The Balaban J connectivity index is 2.81. The second-order valence-corrected chi connectivity index (χ2v) is 3.62. The molecule has 0 spiro atoms. The molecule has 17 heavy (non-hydrogen) atoms. The molecule has 0 radical (unpaired) electrons. The minimum atomic E-state index is 0.632. The number of hydrogen-bond acceptors (Lipinski definition) is 3. The summed E-state index contributed by atoms with van der Waals surface area (Å²) in [6.45, 7) is 5.38. The van der Waals surface area contributed by atoms with Gasteiger partial charge in [0.15, 0.2) is 11.5 Å². The summed E-state index contributed by atoms with van der Waals surface area (Å²) in [5.41, 5.74) is 0.704. The highest BCUT2D eigenvalue weighted by Crippen LogP contribution is 2.30. The van der Waals surface area contributed by atoms with Crippen molar-refractivity contribution in [2.24, 2.45) is 0 Å². The molecule has 0 atom stereocenters. The van der Waals surface area contributed by atoms with Crippen LogP contribution in [0.2, 0.25) is 0 Å². The van der Waals surface area contributed by atoms with Crippen molar-refractivity contribution in [2.75, 3.05) is 18.5 Å². The lowest BCUT2D eigenvalue weighted by Crippen LogP contribution is -2.02. The maximum absolute atomic E-state index is 10.4. The SMILES string of the molecule is CCCOc1ccc(NC=O)cc1OCCC. The van der Waals surface area contributed by atoms with E-state index in [0.29, 0.717) is 31.1 Å². The number of carbonyl (C=O) groups is 1. The fraction of sp³-hybridized carbons (Fsp3) is 0.462. The van der Waals surface area contributed by atoms with Gasteiger partial charge in [0.2, 0.25) is 6.41 Å². The van der Waals surface area contributed by atoms with Crippen molar-refractivity contribution < 1.29 is 14.3 Å². The van der Waals surface area contributed by atoms with E-state index in [1.165, 1.54) is 0 Å². The maximum Gasteiger partial charge on any atom is 0.211 e. The summed E-state index contributed by atoms with van der Waals surface area (Å²) in [5.74, 6) is 1.39. The third-order valence-electron chi connectivity index (χ3n) is 2.09. The number of carbonyl (C=O) groups excluding carboxylic acids is 1. The Kier molecular flexibility index (Phi) is 5.93. The van der Waals surface area contributed by atoms with Crippen LogP contribution in [0.4, 0.5) is 5.69 Å². The molecule has 0 saturated carbocycles. The number of anilines is 1. The number of amides is 1. The Morgan fingerprint density at radius 3 is 2.35 bits per heavy atom. The van der Waals surface area contributed by atoms with Crippen LogP contribution < -0.4 is 14.8 Å². The highest BCUT2D eigenvalue weighted by Gasteiger charge is 2.06. The van der Waals surface area contributed by atoms with Crippen LogP contribution in [-0.2, 0) is 4.79 Å². The molecule has 0 bridgehead atoms. The van der Waals surface area contributed by atoms with E-state index in [2.05, 4.69) is 12.2 Å². The topological polar surface area (TPSA) is 47.6 Å². The molecule has 0 saturated heterocycles. The molecule has 1 aromatic rings. The minimum Gasteiger partial charge on any atom is -0.490 e. The molecule has 4 heteroatoms. The average Bonchev–Trinajstić information content (AvgIpc) is 2.35. The van der Waals surface area contributed by atoms with Gasteiger partial charge < -0.3 is 14.8 Å². The fourth-order valence-corrected chi connectivity index (χ4v) is 1.32. The van der Waals surface area contributed by atoms with Crippen molar-refractivity contribution in [2.45, 2.75) is 26.7 Å². The van der Waals surface area contributed by atoms with Gasteiger partial charge >= 0.3 is 0 Å². The van der Waals surface area contributed by atoms with Gasteiger partial charge in [-0.05, 0) is 25.0 Å². The van der Waals surface area contributed by atoms with Crippen molar-refractivity contribution in [3.05, 3.63) is 18.2 Å². The molecule has 4 nitrogen and oxygen atoms in total. The second-order valence-electron chi connectivity index (χ2n) is 3.62. The summed E-state index contributed by atoms with van der Waals surface area (Å²) < 4.78 is 11.2. The van der Waals surface area contributed by atoms with Crippen LogP contribution in [0.3, 0.4) is 0 Å². The first-order chi connectivity index (χ1) is 8.31. The summed E-state index contributed by atoms with van der Waals surface area (Å²) in [5, 5.41) is 2.59. The van der Waals surface area contributed by atoms with E-state index < -0.39 is 0 Å². The summed E-state index contributed by atoms with van der Waals surface area (Å²) >= 11 is 0. The molecule has 0 aliphatic carbocycles. The van der Waals surface area contributed by atoms with E-state index in [9.17, 15) is 4.79 Å². The summed E-state index contributed by atoms with van der Waals surface area (Å²) in [7, 11) is 0. The Hall–Kier alpha value is -1.71. The summed E-state index contributed by atoms with van der Waals surface area (Å²) in [6, 6.07) is 5.37. The number of ether oxygens (including phenoxy) is 2. The third-order valence-corrected chi connectivity index (χ3v) is 2.09. The van der Waals surface area contributed by atoms with E-state index >= 15 is 0 Å². The van der Waals surface area contributed by atoms with E-state index in [4.69, 9.17) is 9.47 Å². The largest absolute Gasteiger partial charge is 0.490 e. The third kappa shape index (κ3) is 4.34. The number of nitrogens with one attached hydrogen (secondary N) is 1. The molecule has 0 aliphatic rings. The van der Waals surface area contributed by atoms with Crippen LogP contribution in [0.1, 0.15) is 26.7 Å². The quantitative estimate of drug-likeness (QED) is 0.707. The van der Waals surface area contributed by atoms with Crippen molar-refractivity contribution in [1.82, 2.24) is 0 Å². The lowest BCUT2D eigenvalue weighted by molar-refractivity contribution is -0.105. The summed E-state index contributed by atoms with van der Waals surface area (Å²) in [4.78, 5) is 10.4. The van der Waals surface area contributed by atoms with E-state index in [-0.39, 0.29) is 0 Å². The van der Waals surface area contributed by atoms with Crippen LogP contribution in [0.15, 0.2) is 18.2 Å². The highest BCUT2D eigenvalue weighted by atomic mass is 16.5. The first-order valence-electron chi connectivity index (χ1n) is 5.91. The average molecular weight is 237 g/mol. The van der Waals surface area contributed by atoms with Gasteiger partial charge in [0.25, 0.3) is 0 Å². The lowest BCUT2D eigenvalue weighted by atomic mass is 10.2. The van der Waals surface area contributed by atoms with Gasteiger partial charge in [-0.3, -0.25) is 4.79 Å². The Morgan fingerprint density at radius 2 is 1.76 bits per heavy atom. The van der Waals surface area contributed by atoms with Crippen LogP contribution in [0.25, 0.3) is 0 Å². The molecule has 1 N–H and O–H groups in total. The number of rotatable bonds is 8. The molecule has 0 heterocycles. The molecule has 0 unspecified atom stereocenters. The van der Waals surface area contributed by atoms with Gasteiger partial charge in [-0.15, -0.1) is 0 Å². The first-order valence-corrected chi connectivity index (χ1v) is 5.91. The van der Waals surface area contributed by atoms with Gasteiger partial charge in [-0.1, -0.05) is 13.8 Å². The zero-order valence-electron chi connectivity index (χ0n) is 10.4.